The minimum atomic E-state index is -0.216. The summed E-state index contributed by atoms with van der Waals surface area (Å²) in [6, 6.07) is 17.0. The number of fused-ring (bicyclic) bond motifs is 1. The van der Waals surface area contributed by atoms with Gasteiger partial charge in [0.05, 0.1) is 17.6 Å². The molecule has 4 aromatic rings. The van der Waals surface area contributed by atoms with Crippen LogP contribution in [0.3, 0.4) is 0 Å². The summed E-state index contributed by atoms with van der Waals surface area (Å²) < 4.78 is 15.6. The highest BCUT2D eigenvalue weighted by Gasteiger charge is 2.24. The Morgan fingerprint density at radius 3 is 2.43 bits per heavy atom. The standard InChI is InChI=1S/C23H23FN6/c24-18-8-6-17(7-9-18)16-30-21-5-2-1-4-20(21)28-23(30)29-14-10-19(11-15-29)27-22-25-12-3-13-26-22/h1-9,12-13,19H,10-11,14-16H2,(H,25,26,27). The van der Waals surface area contributed by atoms with Crippen molar-refractivity contribution in [1.82, 2.24) is 19.5 Å². The first-order valence-electron chi connectivity index (χ1n) is 10.2. The molecule has 1 saturated heterocycles. The predicted octanol–water partition coefficient (Wildman–Crippen LogP) is 4.09. The zero-order valence-electron chi connectivity index (χ0n) is 16.6. The van der Waals surface area contributed by atoms with Gasteiger partial charge in [-0.2, -0.15) is 0 Å². The van der Waals surface area contributed by atoms with E-state index in [0.717, 1.165) is 48.5 Å². The molecular formula is C23H23FN6. The second-order valence-corrected chi connectivity index (χ2v) is 7.59. The number of nitrogens with one attached hydrogen (secondary N) is 1. The third-order valence-corrected chi connectivity index (χ3v) is 5.57. The SMILES string of the molecule is Fc1ccc(Cn2c(N3CCC(Nc4ncccn4)CC3)nc3ccccc32)cc1. The molecule has 0 radical (unpaired) electrons. The van der Waals surface area contributed by atoms with Gasteiger partial charge in [-0.25, -0.2) is 19.3 Å². The van der Waals surface area contributed by atoms with Crippen LogP contribution in [0.1, 0.15) is 18.4 Å². The molecule has 1 fully saturated rings. The number of hydrogen-bond donors (Lipinski definition) is 1. The summed E-state index contributed by atoms with van der Waals surface area (Å²) in [5, 5.41) is 3.43. The molecule has 3 heterocycles. The van der Waals surface area contributed by atoms with Gasteiger partial charge in [-0.05, 0) is 48.7 Å². The van der Waals surface area contributed by atoms with Crippen molar-refractivity contribution >= 4 is 22.9 Å². The van der Waals surface area contributed by atoms with Crippen molar-refractivity contribution < 1.29 is 4.39 Å². The molecular weight excluding hydrogens is 379 g/mol. The lowest BCUT2D eigenvalue weighted by atomic mass is 10.1. The number of benzene rings is 2. The van der Waals surface area contributed by atoms with Crippen LogP contribution in [-0.2, 0) is 6.54 Å². The molecule has 0 aliphatic carbocycles. The summed E-state index contributed by atoms with van der Waals surface area (Å²) in [6.07, 6.45) is 5.47. The van der Waals surface area contributed by atoms with Crippen molar-refractivity contribution in [3.8, 4) is 0 Å². The topological polar surface area (TPSA) is 58.9 Å². The molecule has 0 atom stereocenters. The summed E-state index contributed by atoms with van der Waals surface area (Å²) in [5.41, 5.74) is 3.13. The van der Waals surface area contributed by atoms with Crippen molar-refractivity contribution in [3.63, 3.8) is 0 Å². The van der Waals surface area contributed by atoms with Gasteiger partial charge in [0, 0.05) is 31.5 Å². The Balaban J connectivity index is 1.37. The van der Waals surface area contributed by atoms with Crippen LogP contribution in [0.15, 0.2) is 67.0 Å². The summed E-state index contributed by atoms with van der Waals surface area (Å²) in [6.45, 7) is 2.46. The van der Waals surface area contributed by atoms with Crippen LogP contribution >= 0.6 is 0 Å². The van der Waals surface area contributed by atoms with Gasteiger partial charge in [-0.15, -0.1) is 0 Å². The van der Waals surface area contributed by atoms with E-state index >= 15 is 0 Å². The molecule has 7 heteroatoms. The van der Waals surface area contributed by atoms with Crippen molar-refractivity contribution in [1.29, 1.82) is 0 Å². The van der Waals surface area contributed by atoms with Crippen LogP contribution in [-0.4, -0.2) is 38.7 Å². The molecule has 2 aromatic heterocycles. The minimum Gasteiger partial charge on any atom is -0.351 e. The highest BCUT2D eigenvalue weighted by atomic mass is 19.1. The van der Waals surface area contributed by atoms with E-state index in [-0.39, 0.29) is 5.82 Å². The first-order valence-corrected chi connectivity index (χ1v) is 10.2. The normalized spacial score (nSPS) is 14.9. The van der Waals surface area contributed by atoms with E-state index in [0.29, 0.717) is 18.5 Å². The van der Waals surface area contributed by atoms with Gasteiger partial charge in [-0.1, -0.05) is 24.3 Å². The average Bonchev–Trinajstić information content (AvgIpc) is 3.15. The van der Waals surface area contributed by atoms with E-state index in [1.807, 2.05) is 36.4 Å². The molecule has 1 aliphatic heterocycles. The van der Waals surface area contributed by atoms with Gasteiger partial charge >= 0.3 is 0 Å². The molecule has 1 aliphatic rings. The second kappa shape index (κ2) is 8.10. The quantitative estimate of drug-likeness (QED) is 0.545. The molecule has 0 amide bonds. The van der Waals surface area contributed by atoms with Gasteiger partial charge in [0.2, 0.25) is 11.9 Å². The van der Waals surface area contributed by atoms with Crippen LogP contribution in [0.25, 0.3) is 11.0 Å². The molecule has 2 aromatic carbocycles. The number of piperidine rings is 1. The number of anilines is 2. The summed E-state index contributed by atoms with van der Waals surface area (Å²) >= 11 is 0. The lowest BCUT2D eigenvalue weighted by Gasteiger charge is -2.33. The van der Waals surface area contributed by atoms with Crippen molar-refractivity contribution in [3.05, 3.63) is 78.4 Å². The maximum absolute atomic E-state index is 13.3. The number of nitrogens with zero attached hydrogens (tertiary/aromatic N) is 5. The minimum absolute atomic E-state index is 0.216. The van der Waals surface area contributed by atoms with Crippen LogP contribution in [0, 0.1) is 5.82 Å². The van der Waals surface area contributed by atoms with E-state index in [2.05, 4.69) is 30.8 Å². The van der Waals surface area contributed by atoms with Crippen LogP contribution in [0.2, 0.25) is 0 Å². The van der Waals surface area contributed by atoms with Gasteiger partial charge in [0.1, 0.15) is 5.82 Å². The zero-order valence-corrected chi connectivity index (χ0v) is 16.6. The Morgan fingerprint density at radius 2 is 1.67 bits per heavy atom. The summed E-state index contributed by atoms with van der Waals surface area (Å²) in [5.74, 6) is 1.43. The van der Waals surface area contributed by atoms with Crippen molar-refractivity contribution in [2.24, 2.45) is 0 Å². The fourth-order valence-electron chi connectivity index (χ4n) is 4.01. The zero-order chi connectivity index (χ0) is 20.3. The molecule has 1 N–H and O–H groups in total. The molecule has 0 spiro atoms. The highest BCUT2D eigenvalue weighted by Crippen LogP contribution is 2.27. The fourth-order valence-corrected chi connectivity index (χ4v) is 4.01. The Morgan fingerprint density at radius 1 is 0.933 bits per heavy atom. The monoisotopic (exact) mass is 402 g/mol. The van der Waals surface area contributed by atoms with Gasteiger partial charge < -0.3 is 14.8 Å². The third kappa shape index (κ3) is 3.83. The van der Waals surface area contributed by atoms with Crippen molar-refractivity contribution in [2.75, 3.05) is 23.3 Å². The maximum Gasteiger partial charge on any atom is 0.222 e. The Labute approximate surface area is 174 Å². The van der Waals surface area contributed by atoms with E-state index in [1.165, 1.54) is 12.1 Å². The Kier molecular flexibility index (Phi) is 5.01. The van der Waals surface area contributed by atoms with Gasteiger partial charge in [0.15, 0.2) is 0 Å². The number of imidazole rings is 1. The summed E-state index contributed by atoms with van der Waals surface area (Å²) in [4.78, 5) is 15.8. The Hall–Kier alpha value is -3.48. The third-order valence-electron chi connectivity index (χ3n) is 5.57. The highest BCUT2D eigenvalue weighted by molar-refractivity contribution is 5.79. The molecule has 0 saturated carbocycles. The van der Waals surface area contributed by atoms with E-state index < -0.39 is 0 Å². The lowest BCUT2D eigenvalue weighted by molar-refractivity contribution is 0.512. The van der Waals surface area contributed by atoms with Crippen LogP contribution in [0.5, 0.6) is 0 Å². The molecule has 152 valence electrons. The number of rotatable bonds is 5. The first-order chi connectivity index (χ1) is 14.8. The smallest absolute Gasteiger partial charge is 0.222 e. The van der Waals surface area contributed by atoms with Gasteiger partial charge in [0.25, 0.3) is 0 Å². The molecule has 0 bridgehead atoms. The van der Waals surface area contributed by atoms with Gasteiger partial charge in [-0.3, -0.25) is 0 Å². The average molecular weight is 402 g/mol. The number of aromatic nitrogens is 4. The predicted molar refractivity (Wildman–Crippen MR) is 116 cm³/mol. The second-order valence-electron chi connectivity index (χ2n) is 7.59. The maximum atomic E-state index is 13.3. The van der Waals surface area contributed by atoms with Crippen LogP contribution < -0.4 is 10.2 Å². The molecule has 0 unspecified atom stereocenters. The van der Waals surface area contributed by atoms with E-state index in [9.17, 15) is 4.39 Å². The van der Waals surface area contributed by atoms with Crippen molar-refractivity contribution in [2.45, 2.75) is 25.4 Å². The van der Waals surface area contributed by atoms with Crippen LogP contribution in [0.4, 0.5) is 16.3 Å². The summed E-state index contributed by atoms with van der Waals surface area (Å²) in [7, 11) is 0. The van der Waals surface area contributed by atoms with E-state index in [1.54, 1.807) is 12.4 Å². The number of para-hydroxylation sites is 2. The largest absolute Gasteiger partial charge is 0.351 e. The molecule has 5 rings (SSSR count). The lowest BCUT2D eigenvalue weighted by Crippen LogP contribution is -2.40. The van der Waals surface area contributed by atoms with E-state index in [4.69, 9.17) is 4.98 Å². The molecule has 6 nitrogen and oxygen atoms in total. The fraction of sp³-hybridized carbons (Fsp3) is 0.261. The Bertz CT molecular complexity index is 1120. The number of hydrogen-bond acceptors (Lipinski definition) is 5. The number of halogens is 1. The first kappa shape index (κ1) is 18.5. The molecule has 30 heavy (non-hydrogen) atoms.